The highest BCUT2D eigenvalue weighted by molar-refractivity contribution is 6.12. The minimum absolute atomic E-state index is 0.00882. The van der Waals surface area contributed by atoms with Crippen LogP contribution in [0.2, 0.25) is 0 Å². The van der Waals surface area contributed by atoms with Gasteiger partial charge in [0.1, 0.15) is 36.4 Å². The molecule has 3 aromatic rings. The second-order valence-corrected chi connectivity index (χ2v) is 20.0. The summed E-state index contributed by atoms with van der Waals surface area (Å²) in [5.41, 5.74) is 12.7. The number of imide groups is 1. The predicted octanol–water partition coefficient (Wildman–Crippen LogP) is 2.90. The van der Waals surface area contributed by atoms with E-state index in [0.29, 0.717) is 30.5 Å². The van der Waals surface area contributed by atoms with Gasteiger partial charge in [0.25, 0.3) is 11.8 Å². The van der Waals surface area contributed by atoms with E-state index in [2.05, 4.69) is 16.0 Å². The molecule has 0 spiro atoms. The maximum atomic E-state index is 15.2. The number of carbonyl (C=O) groups is 9. The number of amides is 8. The van der Waals surface area contributed by atoms with Crippen molar-refractivity contribution in [3.63, 3.8) is 0 Å². The molecule has 9 N–H and O–H groups in total. The van der Waals surface area contributed by atoms with Crippen LogP contribution in [0.25, 0.3) is 11.1 Å². The minimum atomic E-state index is -1.64. The number of aliphatic hydroxyl groups excluding tert-OH is 1. The fourth-order valence-corrected chi connectivity index (χ4v) is 8.83. The summed E-state index contributed by atoms with van der Waals surface area (Å²) in [4.78, 5) is 119. The van der Waals surface area contributed by atoms with Gasteiger partial charge < -0.3 is 52.0 Å². The Kier molecular flexibility index (Phi) is 22.3. The lowest BCUT2D eigenvalue weighted by Crippen LogP contribution is -2.58. The number of carboxylic acid groups (broad SMARTS) is 1. The number of nitrogens with one attached hydrogen (secondary N) is 3. The summed E-state index contributed by atoms with van der Waals surface area (Å²) in [6, 6.07) is 7.81. The molecule has 8 amide bonds. The highest BCUT2D eigenvalue weighted by atomic mass is 19.1. The Morgan fingerprint density at radius 3 is 2.08 bits per heavy atom. The highest BCUT2D eigenvalue weighted by Crippen LogP contribution is 2.41. The molecule has 0 radical (unpaired) electrons. The molecule has 20 nitrogen and oxygen atoms in total. The normalized spacial score (nSPS) is 14.5. The van der Waals surface area contributed by atoms with Crippen LogP contribution >= 0.6 is 0 Å². The molecule has 0 unspecified atom stereocenters. The number of primary amides is 1. The van der Waals surface area contributed by atoms with E-state index in [1.807, 2.05) is 55.7 Å². The number of aliphatic carboxylic acids is 1. The van der Waals surface area contributed by atoms with Gasteiger partial charge in [-0.2, -0.15) is 0 Å². The van der Waals surface area contributed by atoms with E-state index in [1.54, 1.807) is 26.1 Å². The lowest BCUT2D eigenvalue weighted by molar-refractivity contribution is -0.152. The number of nitrogens with zero attached hydrogens (tertiary/aromatic N) is 4. The summed E-state index contributed by atoms with van der Waals surface area (Å²) in [7, 11) is 0. The van der Waals surface area contributed by atoms with Crippen molar-refractivity contribution in [3.8, 4) is 11.1 Å². The number of hydrogen-bond donors (Lipinski definition) is 7. The first-order chi connectivity index (χ1) is 35.3. The van der Waals surface area contributed by atoms with Gasteiger partial charge in [-0.3, -0.25) is 43.3 Å². The zero-order chi connectivity index (χ0) is 55.7. The van der Waals surface area contributed by atoms with Crippen LogP contribution < -0.4 is 27.4 Å². The molecule has 5 atom stereocenters. The van der Waals surface area contributed by atoms with Gasteiger partial charge in [0.05, 0.1) is 12.1 Å². The molecule has 1 aliphatic heterocycles. The van der Waals surface area contributed by atoms with Crippen molar-refractivity contribution in [2.75, 3.05) is 32.8 Å². The van der Waals surface area contributed by atoms with Gasteiger partial charge in [-0.25, -0.2) is 13.6 Å². The molecular formula is C53H71F2N9O11. The largest absolute Gasteiger partial charge is 0.480 e. The number of hydrogen-bond acceptors (Lipinski definition) is 11. The fourth-order valence-electron chi connectivity index (χ4n) is 8.83. The number of halogens is 2. The van der Waals surface area contributed by atoms with Gasteiger partial charge in [0, 0.05) is 80.7 Å². The highest BCUT2D eigenvalue weighted by Gasteiger charge is 2.38. The van der Waals surface area contributed by atoms with Gasteiger partial charge in [-0.05, 0) is 73.8 Å². The van der Waals surface area contributed by atoms with Gasteiger partial charge in [0.15, 0.2) is 0 Å². The summed E-state index contributed by atoms with van der Waals surface area (Å²) in [5, 5.41) is 28.3. The SMILES string of the molecule is CC(C)[C@H](NC(=O)CCCCCN1C(=O)C=CC1=O)C(=O)N[C@@H](C)C(=O)N(CCNC(=O)[C@@H](N)CCN(C(=O)CO)[C@@H](c1cc(-c2cc(F)ccc2F)cn1Cc1ccccc1)C(C)(C)C)[C@@H](CCC(N)=O)C(=O)O. The maximum Gasteiger partial charge on any atom is 0.326 e. The van der Waals surface area contributed by atoms with Crippen LogP contribution in [-0.4, -0.2) is 140 Å². The zero-order valence-corrected chi connectivity index (χ0v) is 43.4. The fraction of sp³-hybridized carbons (Fsp3) is 0.491. The van der Waals surface area contributed by atoms with E-state index >= 15 is 4.39 Å². The van der Waals surface area contributed by atoms with Crippen LogP contribution in [0.15, 0.2) is 72.9 Å². The molecule has 0 fully saturated rings. The van der Waals surface area contributed by atoms with Gasteiger partial charge in [0.2, 0.25) is 35.4 Å². The third kappa shape index (κ3) is 17.4. The van der Waals surface area contributed by atoms with Gasteiger partial charge >= 0.3 is 5.97 Å². The van der Waals surface area contributed by atoms with E-state index < -0.39 is 132 Å². The van der Waals surface area contributed by atoms with Gasteiger partial charge in [-0.1, -0.05) is 71.4 Å². The molecule has 1 aromatic heterocycles. The molecule has 1 aliphatic rings. The standard InChI is InChI=1S/C53H71F2N9O11/c1-32(2)47(60-43(67)15-11-8-12-24-63-44(68)20-21-45(63)69)50(72)59-33(3)51(73)62(40(52(74)75)18-19-42(57)66)26-23-58-49(71)39(56)22-25-64(46(70)31-65)48(53(4,5)6)41-27-35(37-28-36(54)16-17-38(37)55)30-61(41)29-34-13-9-7-10-14-34/h7,9-10,13-14,16-17,20-21,27-28,30,32-33,39-40,47-48,65H,8,11-12,15,18-19,22-26,29,31,56H2,1-6H3,(H2,57,66)(H,58,71)(H,59,72)(H,60,67)(H,74,75)/t33-,39-,40-,47-,48-/m0/s1. The molecule has 2 heterocycles. The number of unbranched alkanes of at least 4 members (excludes halogenated alkanes) is 2. The number of nitrogens with two attached hydrogens (primary N) is 2. The van der Waals surface area contributed by atoms with Crippen LogP contribution in [0.5, 0.6) is 0 Å². The molecule has 0 saturated heterocycles. The first kappa shape index (κ1) is 60.2. The second-order valence-electron chi connectivity index (χ2n) is 20.0. The third-order valence-corrected chi connectivity index (χ3v) is 12.7. The monoisotopic (exact) mass is 1050 g/mol. The molecular weight excluding hydrogens is 977 g/mol. The van der Waals surface area contributed by atoms with Crippen LogP contribution in [0.1, 0.15) is 104 Å². The molecule has 22 heteroatoms. The summed E-state index contributed by atoms with van der Waals surface area (Å²) < 4.78 is 31.5. The molecule has 2 aromatic carbocycles. The molecule has 4 rings (SSSR count). The second kappa shape index (κ2) is 27.8. The van der Waals surface area contributed by atoms with Crippen molar-refractivity contribution in [1.82, 2.24) is 35.2 Å². The molecule has 0 aliphatic carbocycles. The van der Waals surface area contributed by atoms with Crippen molar-refractivity contribution >= 4 is 53.2 Å². The third-order valence-electron chi connectivity index (χ3n) is 12.7. The molecule has 0 bridgehead atoms. The topological polar surface area (TPSA) is 297 Å². The lowest BCUT2D eigenvalue weighted by atomic mass is 9.82. The Hall–Kier alpha value is -7.33. The lowest BCUT2D eigenvalue weighted by Gasteiger charge is -2.41. The maximum absolute atomic E-state index is 15.2. The number of carboxylic acids is 1. The Labute approximate surface area is 435 Å². The average molecular weight is 1050 g/mol. The number of aromatic nitrogens is 1. The minimum Gasteiger partial charge on any atom is -0.480 e. The Morgan fingerprint density at radius 2 is 1.48 bits per heavy atom. The Bertz CT molecular complexity index is 2550. The van der Waals surface area contributed by atoms with Gasteiger partial charge in [-0.15, -0.1) is 0 Å². The van der Waals surface area contributed by atoms with E-state index in [1.165, 1.54) is 24.0 Å². The van der Waals surface area contributed by atoms with E-state index in [9.17, 15) is 57.8 Å². The van der Waals surface area contributed by atoms with Crippen LogP contribution in [-0.2, 0) is 49.7 Å². The quantitative estimate of drug-likeness (QED) is 0.0390. The van der Waals surface area contributed by atoms with Crippen molar-refractivity contribution in [2.45, 2.75) is 123 Å². The van der Waals surface area contributed by atoms with E-state index in [0.717, 1.165) is 33.6 Å². The van der Waals surface area contributed by atoms with Crippen LogP contribution in [0.4, 0.5) is 8.78 Å². The predicted molar refractivity (Wildman–Crippen MR) is 272 cm³/mol. The number of carbonyl (C=O) groups excluding carboxylic acids is 8. The van der Waals surface area contributed by atoms with Crippen LogP contribution in [0.3, 0.4) is 0 Å². The van der Waals surface area contributed by atoms with Crippen LogP contribution in [0, 0.1) is 23.0 Å². The summed E-state index contributed by atoms with van der Waals surface area (Å²) in [6.07, 6.45) is 4.44. The Morgan fingerprint density at radius 1 is 0.813 bits per heavy atom. The first-order valence-corrected chi connectivity index (χ1v) is 24.9. The summed E-state index contributed by atoms with van der Waals surface area (Å²) in [6.45, 7) is 8.80. The molecule has 75 heavy (non-hydrogen) atoms. The molecule has 408 valence electrons. The van der Waals surface area contributed by atoms with E-state index in [-0.39, 0.29) is 44.6 Å². The van der Waals surface area contributed by atoms with Crippen molar-refractivity contribution < 1.29 is 62.1 Å². The average Bonchev–Trinajstić information content (AvgIpc) is 3.90. The number of rotatable bonds is 29. The number of aliphatic hydroxyl groups is 1. The van der Waals surface area contributed by atoms with Crippen molar-refractivity contribution in [3.05, 3.63) is 95.8 Å². The summed E-state index contributed by atoms with van der Waals surface area (Å²) in [5.74, 6) is -8.49. The Balaban J connectivity index is 1.47. The first-order valence-electron chi connectivity index (χ1n) is 24.9. The molecule has 0 saturated carbocycles. The van der Waals surface area contributed by atoms with Crippen molar-refractivity contribution in [2.24, 2.45) is 22.8 Å². The number of benzene rings is 2. The smallest absolute Gasteiger partial charge is 0.326 e. The van der Waals surface area contributed by atoms with Crippen molar-refractivity contribution in [1.29, 1.82) is 0 Å². The summed E-state index contributed by atoms with van der Waals surface area (Å²) >= 11 is 0. The zero-order valence-electron chi connectivity index (χ0n) is 43.4. The van der Waals surface area contributed by atoms with E-state index in [4.69, 9.17) is 11.5 Å².